The van der Waals surface area contributed by atoms with Gasteiger partial charge in [-0.05, 0) is 29.8 Å². The molecule has 0 spiro atoms. The van der Waals surface area contributed by atoms with E-state index < -0.39 is 17.6 Å². The maximum atomic E-state index is 10.6. The first-order chi connectivity index (χ1) is 9.91. The van der Waals surface area contributed by atoms with Crippen LogP contribution in [0.3, 0.4) is 0 Å². The normalized spacial score (nSPS) is 12.7. The molecule has 110 valence electrons. The highest BCUT2D eigenvalue weighted by Gasteiger charge is 2.32. The number of pyridine rings is 2. The second-order valence-corrected chi connectivity index (χ2v) is 5.20. The Kier molecular flexibility index (Phi) is 4.18. The number of nitrogens with zero attached hydrogens (tertiary/aromatic N) is 2. The van der Waals surface area contributed by atoms with Crippen molar-refractivity contribution in [3.8, 4) is 5.75 Å². The quantitative estimate of drug-likeness (QED) is 0.895. The van der Waals surface area contributed by atoms with E-state index in [1.165, 1.54) is 6.20 Å². The number of aliphatic hydroxyl groups is 1. The second-order valence-electron chi connectivity index (χ2n) is 5.20. The third-order valence-electron chi connectivity index (χ3n) is 3.37. The molecule has 1 atom stereocenters. The first kappa shape index (κ1) is 14.9. The average Bonchev–Trinajstić information content (AvgIpc) is 2.47. The molecule has 0 aliphatic carbocycles. The van der Waals surface area contributed by atoms with Gasteiger partial charge >= 0.3 is 6.09 Å². The Morgan fingerprint density at radius 1 is 1.29 bits per heavy atom. The fourth-order valence-corrected chi connectivity index (χ4v) is 2.04. The van der Waals surface area contributed by atoms with Crippen molar-refractivity contribution in [1.29, 1.82) is 0 Å². The molecule has 0 saturated heterocycles. The van der Waals surface area contributed by atoms with E-state index in [9.17, 15) is 9.90 Å². The number of carbonyl (C=O) groups is 1. The van der Waals surface area contributed by atoms with Crippen molar-refractivity contribution in [3.63, 3.8) is 0 Å². The minimum atomic E-state index is -0.901. The lowest BCUT2D eigenvalue weighted by Crippen LogP contribution is -2.27. The second kappa shape index (κ2) is 5.88. The molecule has 3 N–H and O–H groups in total. The number of aromatic nitrogens is 2. The number of carbonyl (C=O) groups excluding carboxylic acids is 1. The van der Waals surface area contributed by atoms with Gasteiger partial charge in [-0.2, -0.15) is 0 Å². The van der Waals surface area contributed by atoms with Crippen molar-refractivity contribution in [2.24, 2.45) is 5.73 Å². The van der Waals surface area contributed by atoms with Crippen molar-refractivity contribution in [2.75, 3.05) is 0 Å². The Hall–Kier alpha value is -2.47. The van der Waals surface area contributed by atoms with Crippen molar-refractivity contribution in [3.05, 3.63) is 54.1 Å². The summed E-state index contributed by atoms with van der Waals surface area (Å²) in [5.74, 6) is 0.236. The number of ether oxygens (including phenoxy) is 1. The molecule has 0 saturated carbocycles. The van der Waals surface area contributed by atoms with Crippen LogP contribution in [0, 0.1) is 0 Å². The summed E-state index contributed by atoms with van der Waals surface area (Å²) in [4.78, 5) is 18.7. The van der Waals surface area contributed by atoms with Gasteiger partial charge in [-0.15, -0.1) is 0 Å². The maximum Gasteiger partial charge on any atom is 0.410 e. The average molecular weight is 287 g/mol. The number of hydrogen-bond donors (Lipinski definition) is 2. The molecule has 2 rings (SSSR count). The van der Waals surface area contributed by atoms with Gasteiger partial charge in [0.1, 0.15) is 6.10 Å². The molecule has 2 heterocycles. The first-order valence-electron chi connectivity index (χ1n) is 6.43. The third-order valence-corrected chi connectivity index (χ3v) is 3.37. The number of aliphatic hydroxyl groups excluding tert-OH is 1. The van der Waals surface area contributed by atoms with Crippen LogP contribution in [0.1, 0.15) is 31.2 Å². The first-order valence-corrected chi connectivity index (χ1v) is 6.43. The SMILES string of the molecule is CC(C)(c1ccncc1)C(O)c1ccc(OC(N)=O)cn1. The van der Waals surface area contributed by atoms with Gasteiger partial charge in [0.15, 0.2) is 5.75 Å². The van der Waals surface area contributed by atoms with Crippen LogP contribution in [0.25, 0.3) is 0 Å². The Morgan fingerprint density at radius 3 is 2.48 bits per heavy atom. The van der Waals surface area contributed by atoms with E-state index in [0.717, 1.165) is 5.56 Å². The van der Waals surface area contributed by atoms with Gasteiger partial charge in [-0.3, -0.25) is 9.97 Å². The minimum absolute atomic E-state index is 0.236. The molecule has 2 aromatic rings. The lowest BCUT2D eigenvalue weighted by molar-refractivity contribution is 0.0960. The highest BCUT2D eigenvalue weighted by Crippen LogP contribution is 2.35. The number of rotatable bonds is 4. The lowest BCUT2D eigenvalue weighted by atomic mass is 9.78. The smallest absolute Gasteiger partial charge is 0.409 e. The summed E-state index contributed by atoms with van der Waals surface area (Å²) in [7, 11) is 0. The summed E-state index contributed by atoms with van der Waals surface area (Å²) >= 11 is 0. The molecule has 0 aliphatic heterocycles. The van der Waals surface area contributed by atoms with Crippen molar-refractivity contribution < 1.29 is 14.6 Å². The summed E-state index contributed by atoms with van der Waals surface area (Å²) in [6.07, 6.45) is 3.00. The molecule has 0 aliphatic rings. The third kappa shape index (κ3) is 3.35. The molecule has 6 nitrogen and oxygen atoms in total. The van der Waals surface area contributed by atoms with Crippen LogP contribution >= 0.6 is 0 Å². The van der Waals surface area contributed by atoms with Crippen molar-refractivity contribution in [1.82, 2.24) is 9.97 Å². The van der Waals surface area contributed by atoms with Gasteiger partial charge in [0.25, 0.3) is 0 Å². The molecule has 0 bridgehead atoms. The van der Waals surface area contributed by atoms with Gasteiger partial charge in [0, 0.05) is 17.8 Å². The van der Waals surface area contributed by atoms with E-state index in [1.807, 2.05) is 26.0 Å². The summed E-state index contributed by atoms with van der Waals surface area (Å²) in [5, 5.41) is 10.6. The summed E-state index contributed by atoms with van der Waals surface area (Å²) in [5.41, 5.74) is 5.81. The van der Waals surface area contributed by atoms with Crippen LogP contribution in [-0.4, -0.2) is 21.2 Å². The molecule has 6 heteroatoms. The van der Waals surface area contributed by atoms with Gasteiger partial charge in [0.05, 0.1) is 11.9 Å². The van der Waals surface area contributed by atoms with E-state index in [-0.39, 0.29) is 5.75 Å². The van der Waals surface area contributed by atoms with E-state index >= 15 is 0 Å². The maximum absolute atomic E-state index is 10.6. The summed E-state index contributed by atoms with van der Waals surface area (Å²) < 4.78 is 4.71. The Balaban J connectivity index is 2.23. The lowest BCUT2D eigenvalue weighted by Gasteiger charge is -2.30. The predicted octanol–water partition coefficient (Wildman–Crippen LogP) is 1.95. The molecular weight excluding hydrogens is 270 g/mol. The number of amides is 1. The van der Waals surface area contributed by atoms with Crippen LogP contribution < -0.4 is 10.5 Å². The van der Waals surface area contributed by atoms with Crippen LogP contribution in [0.4, 0.5) is 4.79 Å². The molecule has 2 aromatic heterocycles. The number of nitrogens with two attached hydrogens (primary N) is 1. The largest absolute Gasteiger partial charge is 0.410 e. The summed E-state index contributed by atoms with van der Waals surface area (Å²) in [6.45, 7) is 3.84. The van der Waals surface area contributed by atoms with E-state index in [1.54, 1.807) is 24.5 Å². The van der Waals surface area contributed by atoms with Gasteiger partial charge in [0.2, 0.25) is 0 Å². The molecule has 1 amide bonds. The molecule has 21 heavy (non-hydrogen) atoms. The van der Waals surface area contributed by atoms with Gasteiger partial charge in [-0.25, -0.2) is 4.79 Å². The van der Waals surface area contributed by atoms with Crippen molar-refractivity contribution >= 4 is 6.09 Å². The Bertz CT molecular complexity index is 612. The molecule has 0 radical (unpaired) electrons. The zero-order chi connectivity index (χ0) is 15.5. The highest BCUT2D eigenvalue weighted by atomic mass is 16.5. The van der Waals surface area contributed by atoms with E-state index in [0.29, 0.717) is 5.69 Å². The van der Waals surface area contributed by atoms with Crippen LogP contribution in [0.15, 0.2) is 42.9 Å². The standard InChI is InChI=1S/C15H17N3O3/c1-15(2,10-5-7-17-8-6-10)13(19)12-4-3-11(9-18-12)21-14(16)20/h3-9,13,19H,1-2H3,(H2,16,20). The topological polar surface area (TPSA) is 98.3 Å². The summed E-state index contributed by atoms with van der Waals surface area (Å²) in [6, 6.07) is 6.85. The number of hydrogen-bond acceptors (Lipinski definition) is 5. The zero-order valence-electron chi connectivity index (χ0n) is 11.9. The van der Waals surface area contributed by atoms with Gasteiger partial charge in [-0.1, -0.05) is 13.8 Å². The highest BCUT2D eigenvalue weighted by molar-refractivity contribution is 5.67. The Morgan fingerprint density at radius 2 is 1.95 bits per heavy atom. The zero-order valence-corrected chi connectivity index (χ0v) is 11.9. The molecule has 1 unspecified atom stereocenters. The fraction of sp³-hybridized carbons (Fsp3) is 0.267. The van der Waals surface area contributed by atoms with Crippen LogP contribution in [0.5, 0.6) is 5.75 Å². The van der Waals surface area contributed by atoms with Crippen molar-refractivity contribution in [2.45, 2.75) is 25.4 Å². The minimum Gasteiger partial charge on any atom is -0.409 e. The van der Waals surface area contributed by atoms with Gasteiger partial charge < -0.3 is 15.6 Å². The fourth-order valence-electron chi connectivity index (χ4n) is 2.04. The van der Waals surface area contributed by atoms with Crippen LogP contribution in [0.2, 0.25) is 0 Å². The molecule has 0 aromatic carbocycles. The monoisotopic (exact) mass is 287 g/mol. The molecule has 0 fully saturated rings. The van der Waals surface area contributed by atoms with E-state index in [2.05, 4.69) is 9.97 Å². The number of primary amides is 1. The predicted molar refractivity (Wildman–Crippen MR) is 76.7 cm³/mol. The van der Waals surface area contributed by atoms with Crippen LogP contribution in [-0.2, 0) is 5.41 Å². The van der Waals surface area contributed by atoms with E-state index in [4.69, 9.17) is 10.5 Å². The molecular formula is C15H17N3O3. The Labute approximate surface area is 122 Å².